The van der Waals surface area contributed by atoms with Crippen molar-refractivity contribution in [1.29, 1.82) is 0 Å². The zero-order chi connectivity index (χ0) is 22.6. The molecule has 1 aromatic heterocycles. The van der Waals surface area contributed by atoms with E-state index in [1.54, 1.807) is 37.7 Å². The van der Waals surface area contributed by atoms with Crippen molar-refractivity contribution in [2.75, 3.05) is 25.0 Å². The molecule has 3 aromatic rings. The van der Waals surface area contributed by atoms with Crippen molar-refractivity contribution < 1.29 is 13.2 Å². The van der Waals surface area contributed by atoms with E-state index >= 15 is 0 Å². The van der Waals surface area contributed by atoms with Crippen LogP contribution in [0.3, 0.4) is 0 Å². The fourth-order valence-electron chi connectivity index (χ4n) is 4.14. The molecule has 0 aliphatic carbocycles. The first-order valence-electron chi connectivity index (χ1n) is 10.7. The fourth-order valence-corrected chi connectivity index (χ4v) is 6.49. The number of benzene rings is 2. The van der Waals surface area contributed by atoms with Crippen LogP contribution >= 0.6 is 11.3 Å². The molecule has 1 aliphatic heterocycles. The third-order valence-corrected chi connectivity index (χ3v) is 9.07. The SMILES string of the molecule is COc1ccc(N(C)S(=O)(=O)c2cccs2)cc1CN[C@H]1CCCN[C@H]1c1ccccc1. The van der Waals surface area contributed by atoms with Gasteiger partial charge in [-0.05, 0) is 54.6 Å². The van der Waals surface area contributed by atoms with Crippen molar-refractivity contribution in [3.63, 3.8) is 0 Å². The van der Waals surface area contributed by atoms with Gasteiger partial charge in [-0.1, -0.05) is 36.4 Å². The molecule has 4 rings (SSSR count). The van der Waals surface area contributed by atoms with E-state index in [4.69, 9.17) is 4.74 Å². The Kier molecular flexibility index (Phi) is 7.15. The van der Waals surface area contributed by atoms with E-state index in [2.05, 4.69) is 34.9 Å². The van der Waals surface area contributed by atoms with Crippen LogP contribution in [0.25, 0.3) is 0 Å². The second-order valence-electron chi connectivity index (χ2n) is 7.87. The maximum Gasteiger partial charge on any atom is 0.273 e. The molecule has 2 heterocycles. The molecule has 0 unspecified atom stereocenters. The van der Waals surface area contributed by atoms with Crippen LogP contribution in [-0.2, 0) is 16.6 Å². The van der Waals surface area contributed by atoms with Gasteiger partial charge in [-0.3, -0.25) is 4.31 Å². The highest BCUT2D eigenvalue weighted by Crippen LogP contribution is 2.30. The summed E-state index contributed by atoms with van der Waals surface area (Å²) in [5.41, 5.74) is 2.81. The van der Waals surface area contributed by atoms with Crippen molar-refractivity contribution in [1.82, 2.24) is 10.6 Å². The Balaban J connectivity index is 1.54. The molecule has 8 heteroatoms. The molecule has 0 amide bonds. The Morgan fingerprint density at radius 3 is 2.69 bits per heavy atom. The summed E-state index contributed by atoms with van der Waals surface area (Å²) >= 11 is 1.22. The second kappa shape index (κ2) is 10.0. The lowest BCUT2D eigenvalue weighted by Gasteiger charge is -2.34. The molecule has 0 spiro atoms. The highest BCUT2D eigenvalue weighted by Gasteiger charge is 2.26. The van der Waals surface area contributed by atoms with E-state index in [1.165, 1.54) is 21.2 Å². The monoisotopic (exact) mass is 471 g/mol. The van der Waals surface area contributed by atoms with Crippen molar-refractivity contribution >= 4 is 27.0 Å². The quantitative estimate of drug-likeness (QED) is 0.516. The summed E-state index contributed by atoms with van der Waals surface area (Å²) in [7, 11) is -0.358. The minimum absolute atomic E-state index is 0.237. The number of anilines is 1. The predicted molar refractivity (Wildman–Crippen MR) is 130 cm³/mol. The standard InChI is InChI=1S/C24H29N3O3S2/c1-27(32(28,29)23-11-7-15-31-23)20-12-13-22(30-2)19(16-20)17-26-21-10-6-14-25-24(21)18-8-4-3-5-9-18/h3-5,7-9,11-13,15-16,21,24-26H,6,10,14,17H2,1-2H3/t21-,24-/m0/s1. The number of hydrogen-bond acceptors (Lipinski definition) is 6. The Bertz CT molecular complexity index is 1120. The van der Waals surface area contributed by atoms with Crippen LogP contribution in [0.15, 0.2) is 70.3 Å². The minimum atomic E-state index is -3.58. The lowest BCUT2D eigenvalue weighted by molar-refractivity contribution is 0.303. The minimum Gasteiger partial charge on any atom is -0.496 e. The Morgan fingerprint density at radius 2 is 1.97 bits per heavy atom. The highest BCUT2D eigenvalue weighted by molar-refractivity contribution is 7.94. The number of nitrogens with one attached hydrogen (secondary N) is 2. The molecule has 2 N–H and O–H groups in total. The van der Waals surface area contributed by atoms with Crippen LogP contribution in [-0.4, -0.2) is 35.2 Å². The third kappa shape index (κ3) is 4.83. The van der Waals surface area contributed by atoms with Gasteiger partial charge in [0.2, 0.25) is 0 Å². The van der Waals surface area contributed by atoms with Gasteiger partial charge in [0.15, 0.2) is 0 Å². The number of methoxy groups -OCH3 is 1. The van der Waals surface area contributed by atoms with Crippen molar-refractivity contribution in [2.24, 2.45) is 0 Å². The number of nitrogens with zero attached hydrogens (tertiary/aromatic N) is 1. The molecule has 6 nitrogen and oxygen atoms in total. The topological polar surface area (TPSA) is 70.7 Å². The highest BCUT2D eigenvalue weighted by atomic mass is 32.2. The zero-order valence-electron chi connectivity index (χ0n) is 18.3. The third-order valence-electron chi connectivity index (χ3n) is 5.91. The van der Waals surface area contributed by atoms with Crippen molar-refractivity contribution in [2.45, 2.75) is 35.7 Å². The average Bonchev–Trinajstić information content (AvgIpc) is 3.39. The van der Waals surface area contributed by atoms with Gasteiger partial charge in [0.05, 0.1) is 12.8 Å². The summed E-state index contributed by atoms with van der Waals surface area (Å²) < 4.78 is 33.1. The molecule has 2 aromatic carbocycles. The fraction of sp³-hybridized carbons (Fsp3) is 0.333. The van der Waals surface area contributed by atoms with Gasteiger partial charge in [-0.25, -0.2) is 8.42 Å². The first-order valence-corrected chi connectivity index (χ1v) is 13.0. The van der Waals surface area contributed by atoms with Gasteiger partial charge in [0, 0.05) is 31.2 Å². The van der Waals surface area contributed by atoms with Crippen molar-refractivity contribution in [3.05, 3.63) is 77.2 Å². The predicted octanol–water partition coefficient (Wildman–Crippen LogP) is 4.16. The summed E-state index contributed by atoms with van der Waals surface area (Å²) in [4.78, 5) is 0. The van der Waals surface area contributed by atoms with E-state index in [1.807, 2.05) is 18.2 Å². The molecule has 0 saturated carbocycles. The van der Waals surface area contributed by atoms with E-state index in [-0.39, 0.29) is 12.1 Å². The number of thiophene rings is 1. The van der Waals surface area contributed by atoms with Gasteiger partial charge >= 0.3 is 0 Å². The number of sulfonamides is 1. The maximum absolute atomic E-state index is 12.9. The van der Waals surface area contributed by atoms with Gasteiger partial charge in [-0.15, -0.1) is 11.3 Å². The molecule has 1 saturated heterocycles. The molecule has 170 valence electrons. The van der Waals surface area contributed by atoms with Crippen LogP contribution in [0.5, 0.6) is 5.75 Å². The molecule has 1 fully saturated rings. The Labute approximate surface area is 194 Å². The normalized spacial score (nSPS) is 18.9. The molecule has 32 heavy (non-hydrogen) atoms. The van der Waals surface area contributed by atoms with E-state index in [0.29, 0.717) is 16.4 Å². The van der Waals surface area contributed by atoms with Gasteiger partial charge < -0.3 is 15.4 Å². The summed E-state index contributed by atoms with van der Waals surface area (Å²) in [6.07, 6.45) is 2.18. The van der Waals surface area contributed by atoms with Crippen molar-refractivity contribution in [3.8, 4) is 5.75 Å². The van der Waals surface area contributed by atoms with Gasteiger partial charge in [0.25, 0.3) is 10.0 Å². The average molecular weight is 472 g/mol. The van der Waals surface area contributed by atoms with E-state index < -0.39 is 10.0 Å². The second-order valence-corrected chi connectivity index (χ2v) is 11.0. The van der Waals surface area contributed by atoms with Crippen LogP contribution in [0, 0.1) is 0 Å². The summed E-state index contributed by atoms with van der Waals surface area (Å²) in [5.74, 6) is 0.739. The number of hydrogen-bond donors (Lipinski definition) is 2. The number of piperidine rings is 1. The lowest BCUT2D eigenvalue weighted by atomic mass is 9.92. The van der Waals surface area contributed by atoms with Gasteiger partial charge in [-0.2, -0.15) is 0 Å². The molecule has 2 atom stereocenters. The largest absolute Gasteiger partial charge is 0.496 e. The van der Waals surface area contributed by atoms with Crippen LogP contribution in [0.1, 0.15) is 30.0 Å². The molecular weight excluding hydrogens is 442 g/mol. The van der Waals surface area contributed by atoms with Crippen LogP contribution in [0.2, 0.25) is 0 Å². The van der Waals surface area contributed by atoms with E-state index in [9.17, 15) is 8.42 Å². The van der Waals surface area contributed by atoms with Crippen LogP contribution in [0.4, 0.5) is 5.69 Å². The number of ether oxygens (including phenoxy) is 1. The van der Waals surface area contributed by atoms with Gasteiger partial charge in [0.1, 0.15) is 9.96 Å². The van der Waals surface area contributed by atoms with Crippen LogP contribution < -0.4 is 19.7 Å². The Hall–Kier alpha value is -2.39. The molecular formula is C24H29N3O3S2. The first kappa shape index (κ1) is 22.8. The smallest absolute Gasteiger partial charge is 0.273 e. The molecule has 0 bridgehead atoms. The zero-order valence-corrected chi connectivity index (χ0v) is 20.0. The summed E-state index contributed by atoms with van der Waals surface area (Å²) in [6.45, 7) is 1.58. The van der Waals surface area contributed by atoms with E-state index in [0.717, 1.165) is 30.7 Å². The number of rotatable bonds is 8. The Morgan fingerprint density at radius 1 is 1.16 bits per heavy atom. The summed E-state index contributed by atoms with van der Waals surface area (Å²) in [6, 6.07) is 19.9. The maximum atomic E-state index is 12.9. The first-order chi connectivity index (χ1) is 15.5. The molecule has 1 aliphatic rings. The molecule has 0 radical (unpaired) electrons. The summed E-state index contributed by atoms with van der Waals surface area (Å²) in [5, 5.41) is 9.09. The lowest BCUT2D eigenvalue weighted by Crippen LogP contribution is -2.45.